The van der Waals surface area contributed by atoms with Gasteiger partial charge in [0.1, 0.15) is 5.01 Å². The van der Waals surface area contributed by atoms with Crippen LogP contribution in [0.3, 0.4) is 0 Å². The fraction of sp³-hybridized carbons (Fsp3) is 0.727. The quantitative estimate of drug-likeness (QED) is 0.137. The number of hydrogen-bond acceptors (Lipinski definition) is 10. The summed E-state index contributed by atoms with van der Waals surface area (Å²) in [6, 6.07) is 0. The highest BCUT2D eigenvalue weighted by Gasteiger charge is 2.19. The van der Waals surface area contributed by atoms with Crippen LogP contribution in [0.25, 0.3) is 0 Å². The van der Waals surface area contributed by atoms with Crippen LogP contribution in [0, 0.1) is 17.2 Å². The number of nitrogens with zero attached hydrogens (tertiary/aromatic N) is 2. The number of hydrogen-bond donors (Lipinski definition) is 6. The van der Waals surface area contributed by atoms with Crippen molar-refractivity contribution >= 4 is 62.0 Å². The van der Waals surface area contributed by atoms with Gasteiger partial charge in [0.25, 0.3) is 0 Å². The molecule has 13 heteroatoms. The van der Waals surface area contributed by atoms with Crippen molar-refractivity contribution in [2.24, 2.45) is 11.8 Å². The van der Waals surface area contributed by atoms with Crippen LogP contribution in [0.4, 0.5) is 5.13 Å². The molecule has 0 bridgehead atoms. The highest BCUT2D eigenvalue weighted by Crippen LogP contribution is 2.21. The third-order valence-electron chi connectivity index (χ3n) is 6.02. The number of nitrogens with two attached hydrogens (primary N) is 1. The molecule has 0 aliphatic carbocycles. The molecule has 3 rings (SSSR count). The monoisotopic (exact) mass is 541 g/mol. The number of rotatable bonds is 11. The fourth-order valence-electron chi connectivity index (χ4n) is 4.09. The van der Waals surface area contributed by atoms with E-state index in [2.05, 4.69) is 31.5 Å². The van der Waals surface area contributed by atoms with Crippen LogP contribution in [0.1, 0.15) is 50.0 Å². The molecule has 1 aromatic rings. The summed E-state index contributed by atoms with van der Waals surface area (Å²) in [7, 11) is 0. The van der Waals surface area contributed by atoms with Crippen LogP contribution in [0.15, 0.2) is 0 Å². The van der Waals surface area contributed by atoms with Crippen LogP contribution in [-0.2, 0) is 16.0 Å². The van der Waals surface area contributed by atoms with Gasteiger partial charge in [-0.3, -0.25) is 20.4 Å². The predicted molar refractivity (Wildman–Crippen MR) is 145 cm³/mol. The first-order valence-electron chi connectivity index (χ1n) is 12.3. The molecule has 10 nitrogen and oxygen atoms in total. The lowest BCUT2D eigenvalue weighted by Crippen LogP contribution is -2.41. The van der Waals surface area contributed by atoms with E-state index >= 15 is 0 Å². The molecule has 194 valence electrons. The van der Waals surface area contributed by atoms with Crippen molar-refractivity contribution in [1.29, 1.82) is 5.41 Å². The number of carbonyl (C=O) groups excluding carboxylic acids is 2. The predicted octanol–water partition coefficient (Wildman–Crippen LogP) is 0.864. The largest absolute Gasteiger partial charge is 0.317 e. The van der Waals surface area contributed by atoms with E-state index < -0.39 is 0 Å². The molecule has 2 aliphatic heterocycles. The Morgan fingerprint density at radius 2 is 1.63 bits per heavy atom. The normalized spacial score (nSPS) is 17.1. The van der Waals surface area contributed by atoms with Gasteiger partial charge in [0.05, 0.1) is 0 Å². The van der Waals surface area contributed by atoms with E-state index in [1.807, 2.05) is 0 Å². The second kappa shape index (κ2) is 15.5. The van der Waals surface area contributed by atoms with E-state index in [0.29, 0.717) is 41.3 Å². The van der Waals surface area contributed by atoms with E-state index in [4.69, 9.17) is 10.8 Å². The van der Waals surface area contributed by atoms with Crippen molar-refractivity contribution in [1.82, 2.24) is 26.1 Å². The zero-order chi connectivity index (χ0) is 24.9. The molecule has 0 radical (unpaired) electrons. The standard InChI is InChI=1S/C22H36N8O2S3/c23-17(34-21(24)27-18(31)13-15-1-7-25-8-2-15)5-11-33-12-6-20-29-30-22(35-20)28-19(32)14-16-3-9-26-10-4-16/h15-16,23,25-26H,1-14H2,(H2,24,27,31)(H,28,30,32)/p+1. The number of amidine groups is 1. The van der Waals surface area contributed by atoms with Gasteiger partial charge in [0.2, 0.25) is 22.0 Å². The van der Waals surface area contributed by atoms with Gasteiger partial charge in [-0.25, -0.2) is 0 Å². The first kappa shape index (κ1) is 28.0. The summed E-state index contributed by atoms with van der Waals surface area (Å²) in [6.07, 6.45) is 6.55. The minimum Gasteiger partial charge on any atom is -0.317 e. The van der Waals surface area contributed by atoms with Crippen LogP contribution in [-0.4, -0.2) is 69.9 Å². The molecular formula is C22H37N8O2S3+. The van der Waals surface area contributed by atoms with Gasteiger partial charge in [0.15, 0.2) is 5.17 Å². The Morgan fingerprint density at radius 1 is 1.00 bits per heavy atom. The zero-order valence-corrected chi connectivity index (χ0v) is 22.5. The first-order valence-corrected chi connectivity index (χ1v) is 15.1. The summed E-state index contributed by atoms with van der Waals surface area (Å²) >= 11 is 4.30. The Bertz CT molecular complexity index is 854. The summed E-state index contributed by atoms with van der Waals surface area (Å²) in [5, 5.41) is 36.6. The molecule has 2 saturated heterocycles. The molecule has 0 atom stereocenters. The number of nitrogens with one attached hydrogen (secondary N) is 5. The van der Waals surface area contributed by atoms with E-state index in [1.165, 1.54) is 11.3 Å². The second-order valence-corrected chi connectivity index (χ2v) is 12.3. The van der Waals surface area contributed by atoms with E-state index in [-0.39, 0.29) is 17.0 Å². The van der Waals surface area contributed by atoms with Gasteiger partial charge in [-0.2, -0.15) is 11.8 Å². The Hall–Kier alpha value is -1.54. The lowest BCUT2D eigenvalue weighted by atomic mass is 9.94. The van der Waals surface area contributed by atoms with Crippen LogP contribution >= 0.6 is 34.9 Å². The minimum absolute atomic E-state index is 0.0190. The number of thioether (sulfide) groups is 2. The minimum atomic E-state index is -0.101. The SMILES string of the molecule is N=C(NC(=O)CC1CCNCC1)SC(=[NH2+])CCSCCc1nnc(NC(=O)CC2CCNCC2)s1. The van der Waals surface area contributed by atoms with Gasteiger partial charge in [-0.1, -0.05) is 11.3 Å². The van der Waals surface area contributed by atoms with Gasteiger partial charge >= 0.3 is 0 Å². The number of aromatic nitrogens is 2. The number of piperidine rings is 2. The third-order valence-corrected chi connectivity index (χ3v) is 8.67. The summed E-state index contributed by atoms with van der Waals surface area (Å²) in [5.74, 6) is 2.46. The van der Waals surface area contributed by atoms with Gasteiger partial charge in [0, 0.05) is 43.2 Å². The van der Waals surface area contributed by atoms with Crippen molar-refractivity contribution in [3.63, 3.8) is 0 Å². The number of amides is 2. The lowest BCUT2D eigenvalue weighted by molar-refractivity contribution is -0.120. The second-order valence-electron chi connectivity index (χ2n) is 8.90. The van der Waals surface area contributed by atoms with Crippen molar-refractivity contribution in [2.75, 3.05) is 43.0 Å². The summed E-state index contributed by atoms with van der Waals surface area (Å²) < 4.78 is 0. The van der Waals surface area contributed by atoms with Gasteiger partial charge < -0.3 is 21.3 Å². The average Bonchev–Trinajstić information content (AvgIpc) is 3.26. The number of anilines is 1. The lowest BCUT2D eigenvalue weighted by Gasteiger charge is -2.21. The zero-order valence-electron chi connectivity index (χ0n) is 20.1. The maximum absolute atomic E-state index is 12.2. The number of aryl methyl sites for hydroxylation is 1. The molecule has 0 aromatic carbocycles. The molecule has 7 N–H and O–H groups in total. The Balaban J connectivity index is 1.22. The number of carbonyl (C=O) groups is 2. The third kappa shape index (κ3) is 11.4. The Kier molecular flexibility index (Phi) is 12.5. The fourth-order valence-corrected chi connectivity index (χ4v) is 6.64. The first-order chi connectivity index (χ1) is 17.0. The molecule has 3 heterocycles. The van der Waals surface area contributed by atoms with Crippen LogP contribution in [0.5, 0.6) is 0 Å². The molecule has 35 heavy (non-hydrogen) atoms. The highest BCUT2D eigenvalue weighted by molar-refractivity contribution is 8.26. The highest BCUT2D eigenvalue weighted by atomic mass is 32.2. The molecule has 0 unspecified atom stereocenters. The molecular weight excluding hydrogens is 504 g/mol. The van der Waals surface area contributed by atoms with Crippen LogP contribution in [0.2, 0.25) is 0 Å². The van der Waals surface area contributed by atoms with E-state index in [1.54, 1.807) is 11.8 Å². The molecule has 2 fully saturated rings. The Labute approximate surface area is 219 Å². The molecule has 0 saturated carbocycles. The van der Waals surface area contributed by atoms with Crippen molar-refractivity contribution in [3.8, 4) is 0 Å². The van der Waals surface area contributed by atoms with Crippen molar-refractivity contribution < 1.29 is 15.0 Å². The summed E-state index contributed by atoms with van der Waals surface area (Å²) in [5.41, 5.74) is 0. The van der Waals surface area contributed by atoms with Gasteiger partial charge in [-0.05, 0) is 69.5 Å². The molecule has 1 aromatic heterocycles. The summed E-state index contributed by atoms with van der Waals surface area (Å²) in [4.78, 5) is 24.3. The van der Waals surface area contributed by atoms with Gasteiger partial charge in [-0.15, -0.1) is 10.2 Å². The molecule has 0 spiro atoms. The van der Waals surface area contributed by atoms with Crippen molar-refractivity contribution in [2.45, 2.75) is 51.4 Å². The van der Waals surface area contributed by atoms with Crippen molar-refractivity contribution in [3.05, 3.63) is 5.01 Å². The van der Waals surface area contributed by atoms with E-state index in [9.17, 15) is 9.59 Å². The maximum atomic E-state index is 12.2. The van der Waals surface area contributed by atoms with E-state index in [0.717, 1.165) is 86.6 Å². The molecule has 2 aliphatic rings. The smallest absolute Gasteiger partial charge is 0.226 e. The topological polar surface area (TPSA) is 157 Å². The molecule has 2 amide bonds. The summed E-state index contributed by atoms with van der Waals surface area (Å²) in [6.45, 7) is 3.88. The van der Waals surface area contributed by atoms with Crippen LogP contribution < -0.4 is 26.7 Å². The average molecular weight is 542 g/mol. The maximum Gasteiger partial charge on any atom is 0.226 e. The Morgan fingerprint density at radius 3 is 2.29 bits per heavy atom.